The third kappa shape index (κ3) is 5.75. The Labute approximate surface area is 277 Å². The lowest BCUT2D eigenvalue weighted by molar-refractivity contribution is 0.0970. The van der Waals surface area contributed by atoms with Gasteiger partial charge in [-0.15, -0.1) is 6.42 Å². The van der Waals surface area contributed by atoms with E-state index in [1.165, 1.54) is 6.07 Å². The van der Waals surface area contributed by atoms with Crippen LogP contribution < -0.4 is 10.2 Å². The highest BCUT2D eigenvalue weighted by Gasteiger charge is 2.56. The largest absolute Gasteiger partial charge is 0.353 e. The predicted molar refractivity (Wildman–Crippen MR) is 182 cm³/mol. The number of hydrogen-bond donors (Lipinski definition) is 1. The molecule has 48 heavy (non-hydrogen) atoms. The van der Waals surface area contributed by atoms with E-state index in [4.69, 9.17) is 21.5 Å². The van der Waals surface area contributed by atoms with Crippen molar-refractivity contribution in [2.45, 2.75) is 57.0 Å². The summed E-state index contributed by atoms with van der Waals surface area (Å²) in [5.41, 5.74) is 1.99. The lowest BCUT2D eigenvalue weighted by Gasteiger charge is -2.34. The molecule has 0 spiro atoms. The Kier molecular flexibility index (Phi) is 8.07. The van der Waals surface area contributed by atoms with Gasteiger partial charge in [-0.2, -0.15) is 5.10 Å². The van der Waals surface area contributed by atoms with Crippen LogP contribution in [0.5, 0.6) is 0 Å². The number of alkyl halides is 2. The van der Waals surface area contributed by atoms with Gasteiger partial charge >= 0.3 is 0 Å². The van der Waals surface area contributed by atoms with E-state index in [0.717, 1.165) is 18.4 Å². The molecule has 3 aliphatic rings. The first-order valence-electron chi connectivity index (χ1n) is 16.4. The van der Waals surface area contributed by atoms with Gasteiger partial charge in [0.2, 0.25) is 0 Å². The molecule has 0 amide bonds. The molecule has 1 aliphatic carbocycles. The van der Waals surface area contributed by atoms with Gasteiger partial charge in [-0.3, -0.25) is 4.68 Å². The fourth-order valence-electron chi connectivity index (χ4n) is 7.35. The molecule has 3 aromatic carbocycles. The van der Waals surface area contributed by atoms with Crippen LogP contribution in [0.4, 0.5) is 23.4 Å². The highest BCUT2D eigenvalue weighted by Crippen LogP contribution is 2.51. The van der Waals surface area contributed by atoms with Crippen molar-refractivity contribution < 1.29 is 17.6 Å². The maximum Gasteiger partial charge on any atom is 0.251 e. The zero-order chi connectivity index (χ0) is 34.1. The molecule has 4 heterocycles. The topological polar surface area (TPSA) is 62.1 Å². The molecule has 2 aliphatic heterocycles. The van der Waals surface area contributed by atoms with Crippen molar-refractivity contribution in [3.05, 3.63) is 59.0 Å². The fraction of sp³-hybridized carbons (Fsp3) is 0.432. The summed E-state index contributed by atoms with van der Waals surface area (Å²) in [7, 11) is 7.77. The van der Waals surface area contributed by atoms with Crippen LogP contribution in [0.1, 0.15) is 42.6 Å². The Morgan fingerprint density at radius 3 is 2.38 bits per heavy atom. The number of rotatable bonds is 5. The summed E-state index contributed by atoms with van der Waals surface area (Å²) in [4.78, 5) is 13.8. The molecule has 250 valence electrons. The average Bonchev–Trinajstić information content (AvgIpc) is 3.27. The van der Waals surface area contributed by atoms with Crippen LogP contribution in [0.3, 0.4) is 0 Å². The van der Waals surface area contributed by atoms with Crippen molar-refractivity contribution in [3.8, 4) is 23.5 Å². The van der Waals surface area contributed by atoms with Crippen LogP contribution in [0.2, 0.25) is 0 Å². The third-order valence-corrected chi connectivity index (χ3v) is 9.51. The minimum Gasteiger partial charge on any atom is -0.353 e. The summed E-state index contributed by atoms with van der Waals surface area (Å²) in [5, 5.41) is 10.6. The first-order valence-corrected chi connectivity index (χ1v) is 16.4. The number of aromatic nitrogens is 4. The number of hydrogen-bond acceptors (Lipinski definition) is 6. The summed E-state index contributed by atoms with van der Waals surface area (Å²) in [6.07, 6.45) is 10.0. The molecular weight excluding hydrogens is 618 g/mol. The van der Waals surface area contributed by atoms with E-state index in [0.29, 0.717) is 57.4 Å². The van der Waals surface area contributed by atoms with Crippen LogP contribution in [0, 0.1) is 36.8 Å². The number of anilines is 1. The van der Waals surface area contributed by atoms with Gasteiger partial charge in [0, 0.05) is 73.5 Å². The molecule has 11 heteroatoms. The van der Waals surface area contributed by atoms with E-state index in [9.17, 15) is 8.78 Å². The predicted octanol–water partition coefficient (Wildman–Crippen LogP) is 6.61. The van der Waals surface area contributed by atoms with Gasteiger partial charge in [-0.05, 0) is 69.9 Å². The van der Waals surface area contributed by atoms with Crippen molar-refractivity contribution in [1.82, 2.24) is 30.0 Å². The van der Waals surface area contributed by atoms with Crippen molar-refractivity contribution in [2.24, 2.45) is 13.0 Å². The quantitative estimate of drug-likeness (QED) is 0.170. The number of benzene rings is 3. The number of nitrogens with one attached hydrogen (secondary N) is 1. The minimum absolute atomic E-state index is 0.0480. The lowest BCUT2D eigenvalue weighted by atomic mass is 9.90. The Morgan fingerprint density at radius 1 is 1.04 bits per heavy atom. The summed E-state index contributed by atoms with van der Waals surface area (Å²) in [6.45, 7) is 3.28. The zero-order valence-electron chi connectivity index (χ0n) is 27.8. The highest BCUT2D eigenvalue weighted by atomic mass is 19.3. The van der Waals surface area contributed by atoms with Crippen LogP contribution in [-0.4, -0.2) is 76.9 Å². The van der Waals surface area contributed by atoms with E-state index in [2.05, 4.69) is 16.1 Å². The van der Waals surface area contributed by atoms with Crippen LogP contribution in [0.15, 0.2) is 30.5 Å². The number of halogens is 4. The molecule has 2 saturated heterocycles. The van der Waals surface area contributed by atoms with Crippen LogP contribution >= 0.6 is 0 Å². The maximum absolute atomic E-state index is 17.3. The first-order chi connectivity index (χ1) is 22.8. The standard InChI is InChI=1S/C34H30F4N6.C3H9N/c1-4-22-25(35)9-5-18-11-17(2)12-23(27(18)22)28-30(36)32-29(24-16-43(3)42-31(24)28)33(44-14-20-7-8-21(15-44)39-20)41-26(40-32)10-6-19-13-34(19,37)38;1-4(2)3/h1,5,9,11-12,16,19-21,39H,6-8,10,13-15H2,2-3H3;1-3H3. The second-order valence-electron chi connectivity index (χ2n) is 14.0. The van der Waals surface area contributed by atoms with E-state index in [-0.39, 0.29) is 48.0 Å². The molecule has 0 radical (unpaired) electrons. The summed E-state index contributed by atoms with van der Waals surface area (Å²) < 4.78 is 61.5. The normalized spacial score (nSPS) is 21.2. The van der Waals surface area contributed by atoms with Gasteiger partial charge in [0.25, 0.3) is 5.92 Å². The van der Waals surface area contributed by atoms with E-state index >= 15 is 8.78 Å². The fourth-order valence-corrected chi connectivity index (χ4v) is 7.35. The van der Waals surface area contributed by atoms with Crippen molar-refractivity contribution in [2.75, 3.05) is 39.1 Å². The Hall–Kier alpha value is -4.27. The minimum atomic E-state index is -2.66. The van der Waals surface area contributed by atoms with Crippen LogP contribution in [0.25, 0.3) is 43.7 Å². The lowest BCUT2D eigenvalue weighted by Crippen LogP contribution is -2.51. The number of nitrogens with zero attached hydrogens (tertiary/aromatic N) is 6. The Balaban J connectivity index is 0.000000865. The van der Waals surface area contributed by atoms with Crippen molar-refractivity contribution in [1.29, 1.82) is 0 Å². The third-order valence-electron chi connectivity index (χ3n) is 9.51. The molecule has 3 atom stereocenters. The number of aryl methyl sites for hydroxylation is 3. The summed E-state index contributed by atoms with van der Waals surface area (Å²) >= 11 is 0. The number of piperazine rings is 1. The summed E-state index contributed by atoms with van der Waals surface area (Å²) in [6, 6.07) is 7.23. The molecule has 2 bridgehead atoms. The van der Waals surface area contributed by atoms with Gasteiger partial charge in [-0.25, -0.2) is 27.5 Å². The van der Waals surface area contributed by atoms with Gasteiger partial charge in [0.1, 0.15) is 28.5 Å². The van der Waals surface area contributed by atoms with Crippen molar-refractivity contribution in [3.63, 3.8) is 0 Å². The maximum atomic E-state index is 17.3. The molecule has 1 N–H and O–H groups in total. The molecule has 3 fully saturated rings. The second kappa shape index (κ2) is 12.0. The molecular formula is C37H39F4N7. The molecule has 8 rings (SSSR count). The first kappa shape index (κ1) is 32.3. The number of fused-ring (bicyclic) bond motifs is 6. The SMILES string of the molecule is C#Cc1c(F)ccc2cc(C)cc(-c3c(F)c4nc(CCC5CC5(F)F)nc(N5CC6CCC(C5)N6)c4c4cn(C)nc34)c12.CN(C)C. The monoisotopic (exact) mass is 657 g/mol. The molecule has 1 saturated carbocycles. The van der Waals surface area contributed by atoms with Crippen LogP contribution in [-0.2, 0) is 13.5 Å². The summed E-state index contributed by atoms with van der Waals surface area (Å²) in [5.74, 6) is -1.16. The second-order valence-corrected chi connectivity index (χ2v) is 14.0. The van der Waals surface area contributed by atoms with E-state index in [1.807, 2.05) is 45.2 Å². The van der Waals surface area contributed by atoms with E-state index < -0.39 is 23.5 Å². The van der Waals surface area contributed by atoms with Gasteiger partial charge in [0.15, 0.2) is 5.82 Å². The smallest absolute Gasteiger partial charge is 0.251 e. The Morgan fingerprint density at radius 2 is 1.73 bits per heavy atom. The van der Waals surface area contributed by atoms with Gasteiger partial charge in [0.05, 0.1) is 10.9 Å². The number of terminal acetylenes is 1. The molecule has 2 aromatic heterocycles. The van der Waals surface area contributed by atoms with Crippen molar-refractivity contribution >= 4 is 38.4 Å². The van der Waals surface area contributed by atoms with Gasteiger partial charge in [-0.1, -0.05) is 24.1 Å². The highest BCUT2D eigenvalue weighted by molar-refractivity contribution is 6.18. The van der Waals surface area contributed by atoms with Gasteiger partial charge < -0.3 is 15.1 Å². The zero-order valence-corrected chi connectivity index (χ0v) is 27.8. The average molecular weight is 658 g/mol. The van der Waals surface area contributed by atoms with E-state index in [1.54, 1.807) is 23.9 Å². The Bertz CT molecular complexity index is 2100. The molecule has 7 nitrogen and oxygen atoms in total. The molecule has 3 unspecified atom stereocenters. The molecule has 5 aromatic rings.